The molecule has 0 saturated carbocycles. The molecule has 20 aromatic rings. The zero-order valence-electron chi connectivity index (χ0n) is 87.2. The molecule has 2 unspecified atom stereocenters. The normalized spacial score (nSPS) is 16.9. The summed E-state index contributed by atoms with van der Waals surface area (Å²) < 4.78 is 0. The lowest BCUT2D eigenvalue weighted by Crippen LogP contribution is -2.23. The summed E-state index contributed by atoms with van der Waals surface area (Å²) in [6.07, 6.45) is 2.00. The van der Waals surface area contributed by atoms with Gasteiger partial charge in [-0.15, -0.1) is 0 Å². The standard InChI is InChI=1S/C78H70N2.C66H54N2/c1-73(2)47-78(11,48-28-30-49(31-29-48)79(50-32-37-59-55-20-12-16-24-63(55)74(3,4)68(59)42-50)51-33-38-60-56-21-13-17-25-64(56)75(5,6)69(60)43-51)67-41-36-54(46-72(67)73)80(52-34-39-61-57-22-14-18-26-65(57)76(7,8)70(61)44-52)53-35-40-62-58-23-15-19-27-66(58)77(9,10)71(62)45-53;1-65(2)47-66(3,56-32-42-61(43-33-56)67(57-34-24-52(25-35-57)48-16-8-4-9-17-48)58-36-26-53(27-37-58)49-18-10-5-11-19-49)63-45-44-62(46-64(63)65)68(59-38-28-54(29-39-59)50-20-12-6-13-21-50)60-40-30-55(31-41-60)51-22-14-7-15-23-51/h12-46H,47H2,1-11H3;4-46H,47H2,1-3H3. The highest BCUT2D eigenvalue weighted by Gasteiger charge is 2.50. The molecular weight excluding hydrogens is 1790 g/mol. The molecule has 26 rings (SSSR count). The van der Waals surface area contributed by atoms with Crippen LogP contribution in [0.25, 0.3) is 89.0 Å². The first kappa shape index (κ1) is 92.7. The summed E-state index contributed by atoms with van der Waals surface area (Å²) in [7, 11) is 0. The van der Waals surface area contributed by atoms with Crippen LogP contribution in [0.4, 0.5) is 68.2 Å². The molecular formula is C144H124N4. The molecule has 20 aromatic carbocycles. The zero-order valence-corrected chi connectivity index (χ0v) is 87.2. The largest absolute Gasteiger partial charge is 0.311 e. The van der Waals surface area contributed by atoms with Gasteiger partial charge in [0.2, 0.25) is 0 Å². The van der Waals surface area contributed by atoms with Gasteiger partial charge in [-0.05, 0) is 336 Å². The molecule has 0 N–H and O–H groups in total. The topological polar surface area (TPSA) is 13.0 Å². The Morgan fingerprint density at radius 3 is 0.547 bits per heavy atom. The van der Waals surface area contributed by atoms with Gasteiger partial charge in [0.25, 0.3) is 0 Å². The van der Waals surface area contributed by atoms with Crippen molar-refractivity contribution >= 4 is 68.2 Å². The van der Waals surface area contributed by atoms with E-state index in [0.717, 1.165) is 52.7 Å². The van der Waals surface area contributed by atoms with Crippen LogP contribution in [0.5, 0.6) is 0 Å². The van der Waals surface area contributed by atoms with E-state index in [-0.39, 0.29) is 43.3 Å². The number of hydrogen-bond acceptors (Lipinski definition) is 4. The van der Waals surface area contributed by atoms with Gasteiger partial charge in [-0.2, -0.15) is 0 Å². The summed E-state index contributed by atoms with van der Waals surface area (Å²) in [5.41, 5.74) is 52.5. The third-order valence-corrected chi connectivity index (χ3v) is 34.5. The van der Waals surface area contributed by atoms with E-state index in [0.29, 0.717) is 0 Å². The minimum Gasteiger partial charge on any atom is -0.311 e. The Hall–Kier alpha value is -16.4. The van der Waals surface area contributed by atoms with Crippen LogP contribution in [0.2, 0.25) is 0 Å². The SMILES string of the molecule is CC1(C)CC(C)(c2ccc(N(c3ccc(-c4ccccc4)cc3)c3ccc(-c4ccccc4)cc3)cc2)c2ccc(N(c3ccc(-c4ccccc4)cc3)c3ccc(-c4ccccc4)cc3)cc21.CC1(C)CC(C)(c2ccc(N(c3ccc4c(c3)C(C)(C)c3ccccc3-4)c3ccc4c(c3)C(C)(C)c3ccccc3-4)cc2)c2ccc(N(c3ccc4c(c3)C(C)(C)c3ccccc3-4)c3ccc4c(c3)C(C)(C)c3ccccc3-4)cc21. The predicted molar refractivity (Wildman–Crippen MR) is 625 cm³/mol. The minimum atomic E-state index is -0.217. The lowest BCUT2D eigenvalue weighted by atomic mass is 9.75. The van der Waals surface area contributed by atoms with Crippen LogP contribution in [0, 0.1) is 0 Å². The molecule has 0 spiro atoms. The molecule has 148 heavy (non-hydrogen) atoms. The quantitative estimate of drug-likeness (QED) is 0.0849. The van der Waals surface area contributed by atoms with E-state index in [1.807, 2.05) is 0 Å². The fraction of sp³-hybridized carbons (Fsp3) is 0.167. The van der Waals surface area contributed by atoms with Crippen molar-refractivity contribution in [2.45, 2.75) is 153 Å². The van der Waals surface area contributed by atoms with E-state index < -0.39 is 0 Å². The maximum atomic E-state index is 2.55. The molecule has 6 aliphatic rings. The summed E-state index contributed by atoms with van der Waals surface area (Å²) in [6, 6.07) is 177. The van der Waals surface area contributed by atoms with Gasteiger partial charge in [-0.1, -0.05) is 425 Å². The van der Waals surface area contributed by atoms with E-state index >= 15 is 0 Å². The third kappa shape index (κ3) is 15.4. The Labute approximate surface area is 874 Å². The van der Waals surface area contributed by atoms with E-state index in [1.54, 1.807) is 0 Å². The molecule has 0 aliphatic heterocycles. The van der Waals surface area contributed by atoms with Crippen molar-refractivity contribution < 1.29 is 0 Å². The second-order valence-electron chi connectivity index (χ2n) is 45.9. The number of nitrogens with zero attached hydrogens (tertiary/aromatic N) is 4. The molecule has 0 fully saturated rings. The first-order valence-electron chi connectivity index (χ1n) is 52.9. The Bertz CT molecular complexity index is 8160. The van der Waals surface area contributed by atoms with Crippen LogP contribution in [0.3, 0.4) is 0 Å². The fourth-order valence-electron chi connectivity index (χ4n) is 26.9. The van der Waals surface area contributed by atoms with Gasteiger partial charge in [0.15, 0.2) is 0 Å². The van der Waals surface area contributed by atoms with E-state index in [4.69, 9.17) is 0 Å². The van der Waals surface area contributed by atoms with Crippen molar-refractivity contribution in [3.8, 4) is 89.0 Å². The van der Waals surface area contributed by atoms with Crippen LogP contribution in [0.15, 0.2) is 473 Å². The lowest BCUT2D eigenvalue weighted by molar-refractivity contribution is 0.425. The molecule has 0 aromatic heterocycles. The van der Waals surface area contributed by atoms with Gasteiger partial charge < -0.3 is 19.6 Å². The third-order valence-electron chi connectivity index (χ3n) is 34.5. The van der Waals surface area contributed by atoms with Crippen molar-refractivity contribution in [3.05, 3.63) is 551 Å². The average molecular weight is 1910 g/mol. The smallest absolute Gasteiger partial charge is 0.0465 e. The average Bonchev–Trinajstić information content (AvgIpc) is 1.54. The van der Waals surface area contributed by atoms with Crippen LogP contribution in [-0.4, -0.2) is 0 Å². The Morgan fingerprint density at radius 1 is 0.135 bits per heavy atom. The molecule has 0 saturated heterocycles. The number of anilines is 12. The number of hydrogen-bond donors (Lipinski definition) is 0. The highest BCUT2D eigenvalue weighted by Crippen LogP contribution is 2.62. The van der Waals surface area contributed by atoms with Crippen molar-refractivity contribution in [2.24, 2.45) is 0 Å². The maximum Gasteiger partial charge on any atom is 0.0465 e. The molecule has 4 heteroatoms. The zero-order chi connectivity index (χ0) is 101. The number of fused-ring (bicyclic) bond motifs is 14. The Balaban J connectivity index is 0.000000156. The van der Waals surface area contributed by atoms with Crippen LogP contribution >= 0.6 is 0 Å². The van der Waals surface area contributed by atoms with Gasteiger partial charge in [0.05, 0.1) is 0 Å². The van der Waals surface area contributed by atoms with Gasteiger partial charge in [-0.25, -0.2) is 0 Å². The maximum absolute atomic E-state index is 2.55. The van der Waals surface area contributed by atoms with E-state index in [2.05, 4.69) is 590 Å². The van der Waals surface area contributed by atoms with Gasteiger partial charge in [0, 0.05) is 101 Å². The highest BCUT2D eigenvalue weighted by molar-refractivity contribution is 5.94. The monoisotopic (exact) mass is 1910 g/mol. The molecule has 720 valence electrons. The molecule has 0 heterocycles. The lowest BCUT2D eigenvalue weighted by Gasteiger charge is -2.32. The Morgan fingerprint density at radius 2 is 0.304 bits per heavy atom. The van der Waals surface area contributed by atoms with Crippen LogP contribution < -0.4 is 19.6 Å². The second-order valence-corrected chi connectivity index (χ2v) is 45.9. The first-order chi connectivity index (χ1) is 71.6. The van der Waals surface area contributed by atoms with Crippen molar-refractivity contribution in [1.29, 1.82) is 0 Å². The van der Waals surface area contributed by atoms with E-state index in [9.17, 15) is 0 Å². The summed E-state index contributed by atoms with van der Waals surface area (Å²) in [6.45, 7) is 33.8. The van der Waals surface area contributed by atoms with Gasteiger partial charge in [0.1, 0.15) is 0 Å². The van der Waals surface area contributed by atoms with Gasteiger partial charge in [-0.3, -0.25) is 0 Å². The van der Waals surface area contributed by atoms with Crippen LogP contribution in [0.1, 0.15) is 188 Å². The highest BCUT2D eigenvalue weighted by atomic mass is 15.2. The van der Waals surface area contributed by atoms with E-state index in [1.165, 1.54) is 195 Å². The predicted octanol–water partition coefficient (Wildman–Crippen LogP) is 39.1. The molecule has 2 atom stereocenters. The van der Waals surface area contributed by atoms with Gasteiger partial charge >= 0.3 is 0 Å². The Kier molecular flexibility index (Phi) is 22.1. The van der Waals surface area contributed by atoms with Crippen LogP contribution in [-0.2, 0) is 43.3 Å². The molecule has 0 radical (unpaired) electrons. The summed E-state index contributed by atoms with van der Waals surface area (Å²) in [5.74, 6) is 0. The van der Waals surface area contributed by atoms with Crippen molar-refractivity contribution in [1.82, 2.24) is 0 Å². The first-order valence-corrected chi connectivity index (χ1v) is 52.9. The van der Waals surface area contributed by atoms with Crippen molar-refractivity contribution in [2.75, 3.05) is 19.6 Å². The summed E-state index contributed by atoms with van der Waals surface area (Å²) in [5, 5.41) is 0. The van der Waals surface area contributed by atoms with Crippen molar-refractivity contribution in [3.63, 3.8) is 0 Å². The summed E-state index contributed by atoms with van der Waals surface area (Å²) in [4.78, 5) is 9.85. The fourth-order valence-corrected chi connectivity index (χ4v) is 26.9. The molecule has 0 amide bonds. The molecule has 6 aliphatic carbocycles. The molecule has 0 bridgehead atoms. The summed E-state index contributed by atoms with van der Waals surface area (Å²) >= 11 is 0. The number of benzene rings is 20. The molecule has 4 nitrogen and oxygen atoms in total. The second kappa shape index (κ2) is 35.2. The number of rotatable bonds is 18. The minimum absolute atomic E-state index is 0.0637.